The van der Waals surface area contributed by atoms with E-state index in [-0.39, 0.29) is 23.3 Å². The van der Waals surface area contributed by atoms with Crippen LogP contribution < -0.4 is 5.32 Å². The van der Waals surface area contributed by atoms with Crippen LogP contribution in [0, 0.1) is 6.92 Å². The van der Waals surface area contributed by atoms with E-state index in [1.165, 1.54) is 22.3 Å². The number of amides is 3. The van der Waals surface area contributed by atoms with E-state index >= 15 is 0 Å². The van der Waals surface area contributed by atoms with Gasteiger partial charge in [0, 0.05) is 16.5 Å². The van der Waals surface area contributed by atoms with E-state index < -0.39 is 5.54 Å². The minimum Gasteiger partial charge on any atom is -0.346 e. The largest absolute Gasteiger partial charge is 0.346 e. The van der Waals surface area contributed by atoms with Gasteiger partial charge in [-0.15, -0.1) is 11.3 Å². The molecule has 1 aromatic carbocycles. The maximum Gasteiger partial charge on any atom is 0.262 e. The Labute approximate surface area is 149 Å². The van der Waals surface area contributed by atoms with Crippen LogP contribution in [0.5, 0.6) is 0 Å². The molecule has 2 heterocycles. The molecule has 1 aromatic heterocycles. The normalized spacial score (nSPS) is 14.0. The second-order valence-corrected chi connectivity index (χ2v) is 7.98. The molecular formula is C18H19N3O3S. The van der Waals surface area contributed by atoms with Crippen molar-refractivity contribution in [2.24, 2.45) is 0 Å². The number of rotatable bonds is 3. The highest BCUT2D eigenvalue weighted by Crippen LogP contribution is 2.29. The number of hydrogen-bond acceptors (Lipinski definition) is 5. The minimum absolute atomic E-state index is 0.275. The van der Waals surface area contributed by atoms with E-state index in [1.807, 2.05) is 12.3 Å². The fourth-order valence-corrected chi connectivity index (χ4v) is 3.37. The van der Waals surface area contributed by atoms with Gasteiger partial charge in [0.2, 0.25) is 0 Å². The predicted molar refractivity (Wildman–Crippen MR) is 94.7 cm³/mol. The molecule has 6 nitrogen and oxygen atoms in total. The third kappa shape index (κ3) is 3.19. The van der Waals surface area contributed by atoms with Gasteiger partial charge in [-0.2, -0.15) is 0 Å². The summed E-state index contributed by atoms with van der Waals surface area (Å²) in [4.78, 5) is 42.9. The lowest BCUT2D eigenvalue weighted by Gasteiger charge is -2.29. The first-order valence-electron chi connectivity index (χ1n) is 7.90. The van der Waals surface area contributed by atoms with E-state index in [0.29, 0.717) is 17.7 Å². The molecule has 0 saturated heterocycles. The monoisotopic (exact) mass is 357 g/mol. The molecule has 0 bridgehead atoms. The van der Waals surface area contributed by atoms with E-state index in [2.05, 4.69) is 10.3 Å². The summed E-state index contributed by atoms with van der Waals surface area (Å²) < 4.78 is 0. The van der Waals surface area contributed by atoms with Crippen molar-refractivity contribution in [2.45, 2.75) is 39.8 Å². The summed E-state index contributed by atoms with van der Waals surface area (Å²) in [6.45, 7) is 7.63. The Kier molecular flexibility index (Phi) is 4.20. The molecule has 0 aliphatic carbocycles. The highest BCUT2D eigenvalue weighted by atomic mass is 32.1. The highest BCUT2D eigenvalue weighted by Gasteiger charge is 2.42. The minimum atomic E-state index is -0.613. The molecule has 1 aliphatic heterocycles. The molecule has 0 unspecified atom stereocenters. The van der Waals surface area contributed by atoms with Crippen LogP contribution >= 0.6 is 11.3 Å². The summed E-state index contributed by atoms with van der Waals surface area (Å²) in [5.74, 6) is -0.988. The number of nitrogens with one attached hydrogen (secondary N) is 1. The molecule has 1 N–H and O–H groups in total. The zero-order valence-electron chi connectivity index (χ0n) is 14.5. The van der Waals surface area contributed by atoms with Crippen molar-refractivity contribution in [1.29, 1.82) is 0 Å². The van der Waals surface area contributed by atoms with Crippen molar-refractivity contribution in [3.63, 3.8) is 0 Å². The Balaban J connectivity index is 1.80. The van der Waals surface area contributed by atoms with Crippen molar-refractivity contribution in [3.05, 3.63) is 51.0 Å². The first kappa shape index (κ1) is 17.3. The van der Waals surface area contributed by atoms with Gasteiger partial charge in [-0.3, -0.25) is 19.3 Å². The number of thiazole rings is 1. The topological polar surface area (TPSA) is 79.4 Å². The zero-order chi connectivity index (χ0) is 18.4. The Morgan fingerprint density at radius 2 is 1.88 bits per heavy atom. The second kappa shape index (κ2) is 6.07. The lowest BCUT2D eigenvalue weighted by Crippen LogP contribution is -2.45. The van der Waals surface area contributed by atoms with Crippen LogP contribution in [0.15, 0.2) is 23.6 Å². The molecule has 2 aromatic rings. The molecule has 25 heavy (non-hydrogen) atoms. The smallest absolute Gasteiger partial charge is 0.262 e. The molecule has 1 aliphatic rings. The fourth-order valence-electron chi connectivity index (χ4n) is 2.75. The number of imide groups is 1. The van der Waals surface area contributed by atoms with Crippen molar-refractivity contribution in [3.8, 4) is 0 Å². The molecule has 130 valence electrons. The van der Waals surface area contributed by atoms with Gasteiger partial charge in [0.05, 0.1) is 28.4 Å². The summed E-state index contributed by atoms with van der Waals surface area (Å²) in [5, 5.41) is 5.61. The van der Waals surface area contributed by atoms with Gasteiger partial charge in [-0.1, -0.05) is 0 Å². The molecule has 3 rings (SSSR count). The van der Waals surface area contributed by atoms with Crippen LogP contribution in [0.2, 0.25) is 0 Å². The summed E-state index contributed by atoms with van der Waals surface area (Å²) in [5.41, 5.74) is 1.14. The first-order chi connectivity index (χ1) is 11.7. The van der Waals surface area contributed by atoms with Crippen LogP contribution in [0.25, 0.3) is 0 Å². The fraction of sp³-hybridized carbons (Fsp3) is 0.333. The van der Waals surface area contributed by atoms with Crippen LogP contribution in [0.4, 0.5) is 0 Å². The lowest BCUT2D eigenvalue weighted by atomic mass is 10.1. The van der Waals surface area contributed by atoms with Gasteiger partial charge in [-0.25, -0.2) is 4.98 Å². The van der Waals surface area contributed by atoms with Crippen molar-refractivity contribution < 1.29 is 14.4 Å². The van der Waals surface area contributed by atoms with Crippen molar-refractivity contribution >= 4 is 29.1 Å². The number of nitrogens with zero attached hydrogens (tertiary/aromatic N) is 2. The van der Waals surface area contributed by atoms with Crippen LogP contribution in [-0.2, 0) is 6.54 Å². The molecule has 7 heteroatoms. The van der Waals surface area contributed by atoms with Crippen molar-refractivity contribution in [2.75, 3.05) is 0 Å². The summed E-state index contributed by atoms with van der Waals surface area (Å²) >= 11 is 1.52. The Morgan fingerprint density at radius 1 is 1.20 bits per heavy atom. The molecule has 0 spiro atoms. The summed E-state index contributed by atoms with van der Waals surface area (Å²) in [6, 6.07) is 4.60. The Morgan fingerprint density at radius 3 is 2.48 bits per heavy atom. The summed E-state index contributed by atoms with van der Waals surface area (Å²) in [7, 11) is 0. The van der Waals surface area contributed by atoms with E-state index in [4.69, 9.17) is 0 Å². The average molecular weight is 357 g/mol. The van der Waals surface area contributed by atoms with Crippen LogP contribution in [-0.4, -0.2) is 33.1 Å². The SMILES string of the molecule is Cc1nc(CNC(=O)c2ccc3c(c2)C(=O)N(C(C)(C)C)C3=O)cs1. The summed E-state index contributed by atoms with van der Waals surface area (Å²) in [6.07, 6.45) is 0. The third-order valence-corrected chi connectivity index (χ3v) is 4.74. The quantitative estimate of drug-likeness (QED) is 0.857. The Hall–Kier alpha value is -2.54. The number of aromatic nitrogens is 1. The Bertz CT molecular complexity index is 880. The number of aryl methyl sites for hydroxylation is 1. The van der Waals surface area contributed by atoms with Gasteiger partial charge >= 0.3 is 0 Å². The van der Waals surface area contributed by atoms with E-state index in [1.54, 1.807) is 32.9 Å². The van der Waals surface area contributed by atoms with Gasteiger partial charge in [0.1, 0.15) is 0 Å². The average Bonchev–Trinajstić information content (AvgIpc) is 3.06. The third-order valence-electron chi connectivity index (χ3n) is 3.92. The number of hydrogen-bond donors (Lipinski definition) is 1. The standard InChI is InChI=1S/C18H19N3O3S/c1-10-20-12(9-25-10)8-19-15(22)11-5-6-13-14(7-11)17(24)21(16(13)23)18(2,3)4/h5-7,9H,8H2,1-4H3,(H,19,22). The van der Waals surface area contributed by atoms with Gasteiger partial charge < -0.3 is 5.32 Å². The van der Waals surface area contributed by atoms with Crippen LogP contribution in [0.1, 0.15) is 62.5 Å². The number of carbonyl (C=O) groups is 3. The zero-order valence-corrected chi connectivity index (χ0v) is 15.4. The van der Waals surface area contributed by atoms with Crippen LogP contribution in [0.3, 0.4) is 0 Å². The predicted octanol–water partition coefficient (Wildman–Crippen LogP) is 2.78. The molecule has 3 amide bonds. The van der Waals surface area contributed by atoms with E-state index in [0.717, 1.165) is 10.7 Å². The molecule has 0 fully saturated rings. The molecule has 0 radical (unpaired) electrons. The van der Waals surface area contributed by atoms with Gasteiger partial charge in [0.15, 0.2) is 0 Å². The van der Waals surface area contributed by atoms with Crippen molar-refractivity contribution in [1.82, 2.24) is 15.2 Å². The molecular weight excluding hydrogens is 338 g/mol. The molecule has 0 saturated carbocycles. The number of carbonyl (C=O) groups excluding carboxylic acids is 3. The number of fused-ring (bicyclic) bond motifs is 1. The maximum absolute atomic E-state index is 12.6. The molecule has 0 atom stereocenters. The lowest BCUT2D eigenvalue weighted by molar-refractivity contribution is 0.0507. The van der Waals surface area contributed by atoms with Gasteiger partial charge in [0.25, 0.3) is 17.7 Å². The van der Waals surface area contributed by atoms with Gasteiger partial charge in [-0.05, 0) is 45.9 Å². The number of benzene rings is 1. The second-order valence-electron chi connectivity index (χ2n) is 6.92. The maximum atomic E-state index is 12.6. The van der Waals surface area contributed by atoms with E-state index in [9.17, 15) is 14.4 Å². The first-order valence-corrected chi connectivity index (χ1v) is 8.78. The highest BCUT2D eigenvalue weighted by molar-refractivity contribution is 7.09.